The molecular formula is C24H37Cl4N3OS. The summed E-state index contributed by atoms with van der Waals surface area (Å²) < 4.78 is -1.78. The number of nitrogens with one attached hydrogen (secondary N) is 3. The molecule has 188 valence electrons. The number of carbonyl (C=O) groups is 1. The van der Waals surface area contributed by atoms with Crippen molar-refractivity contribution >= 4 is 75.3 Å². The van der Waals surface area contributed by atoms with Gasteiger partial charge in [0.25, 0.3) is 0 Å². The highest BCUT2D eigenvalue weighted by atomic mass is 35.6. The van der Waals surface area contributed by atoms with Crippen LogP contribution in [0.5, 0.6) is 0 Å². The van der Waals surface area contributed by atoms with Gasteiger partial charge in [0, 0.05) is 6.42 Å². The van der Waals surface area contributed by atoms with Gasteiger partial charge in [-0.05, 0) is 30.8 Å². The summed E-state index contributed by atoms with van der Waals surface area (Å²) >= 11 is 29.5. The molecule has 0 saturated carbocycles. The number of benzene rings is 1. The third kappa shape index (κ3) is 15.2. The van der Waals surface area contributed by atoms with Gasteiger partial charge >= 0.3 is 0 Å². The number of hydrogen-bond donors (Lipinski definition) is 3. The summed E-state index contributed by atoms with van der Waals surface area (Å²) in [6.45, 7) is 2.25. The molecule has 3 N–H and O–H groups in total. The van der Waals surface area contributed by atoms with Gasteiger partial charge in [0.05, 0.1) is 10.7 Å². The lowest BCUT2D eigenvalue weighted by Crippen LogP contribution is -2.56. The monoisotopic (exact) mass is 555 g/mol. The Hall–Kier alpha value is -0.460. The summed E-state index contributed by atoms with van der Waals surface area (Å²) in [4.78, 5) is 12.4. The van der Waals surface area contributed by atoms with Crippen molar-refractivity contribution in [1.29, 1.82) is 0 Å². The maximum absolute atomic E-state index is 12.4. The van der Waals surface area contributed by atoms with Crippen molar-refractivity contribution in [2.45, 2.75) is 100 Å². The molecule has 0 aliphatic carbocycles. The van der Waals surface area contributed by atoms with E-state index < -0.39 is 9.96 Å². The molecule has 0 spiro atoms. The summed E-state index contributed by atoms with van der Waals surface area (Å²) in [6.07, 6.45) is 14.3. The molecule has 1 rings (SSSR count). The van der Waals surface area contributed by atoms with Crippen molar-refractivity contribution in [1.82, 2.24) is 10.6 Å². The van der Waals surface area contributed by atoms with E-state index in [2.05, 4.69) is 22.9 Å². The van der Waals surface area contributed by atoms with Crippen molar-refractivity contribution in [3.63, 3.8) is 0 Å². The van der Waals surface area contributed by atoms with E-state index in [1.54, 1.807) is 12.1 Å². The number of unbranched alkanes of at least 4 members (excludes halogenated alkanes) is 11. The van der Waals surface area contributed by atoms with Crippen molar-refractivity contribution < 1.29 is 4.79 Å². The van der Waals surface area contributed by atoms with Crippen LogP contribution in [0, 0.1) is 0 Å². The van der Waals surface area contributed by atoms with Gasteiger partial charge in [-0.3, -0.25) is 4.79 Å². The van der Waals surface area contributed by atoms with Crippen LogP contribution in [0.3, 0.4) is 0 Å². The van der Waals surface area contributed by atoms with E-state index in [9.17, 15) is 4.79 Å². The third-order valence-corrected chi connectivity index (χ3v) is 6.49. The second-order valence-corrected chi connectivity index (χ2v) is 11.4. The van der Waals surface area contributed by atoms with Crippen LogP contribution in [0.15, 0.2) is 24.3 Å². The second-order valence-electron chi connectivity index (χ2n) is 8.26. The van der Waals surface area contributed by atoms with Crippen molar-refractivity contribution in [3.8, 4) is 0 Å². The number of rotatable bonds is 16. The van der Waals surface area contributed by atoms with E-state index >= 15 is 0 Å². The first-order valence-electron chi connectivity index (χ1n) is 11.9. The highest BCUT2D eigenvalue weighted by molar-refractivity contribution is 7.80. The molecule has 0 aliphatic heterocycles. The SMILES string of the molecule is CCCCCCCCCCCCCCC(=O)N[C@@H](NC(=S)Nc1ccccc1Cl)C(Cl)(Cl)Cl. The van der Waals surface area contributed by atoms with Gasteiger partial charge in [0.1, 0.15) is 6.17 Å². The Morgan fingerprint density at radius 2 is 1.39 bits per heavy atom. The molecular weight excluding hydrogens is 520 g/mol. The Kier molecular flexibility index (Phi) is 16.6. The van der Waals surface area contributed by atoms with Crippen LogP contribution in [0.2, 0.25) is 5.02 Å². The van der Waals surface area contributed by atoms with Crippen LogP contribution < -0.4 is 16.0 Å². The highest BCUT2D eigenvalue weighted by Gasteiger charge is 2.34. The Bertz CT molecular complexity index is 701. The molecule has 1 amide bonds. The maximum atomic E-state index is 12.4. The molecule has 1 aromatic rings. The average Bonchev–Trinajstić information content (AvgIpc) is 2.75. The Morgan fingerprint density at radius 1 is 0.879 bits per heavy atom. The molecule has 1 aromatic carbocycles. The van der Waals surface area contributed by atoms with Crippen molar-refractivity contribution in [2.24, 2.45) is 0 Å². The first-order chi connectivity index (χ1) is 15.7. The molecule has 1 atom stereocenters. The fraction of sp³-hybridized carbons (Fsp3) is 0.667. The van der Waals surface area contributed by atoms with E-state index in [1.165, 1.54) is 57.8 Å². The normalized spacial score (nSPS) is 12.3. The number of thiocarbonyl (C=S) groups is 1. The van der Waals surface area contributed by atoms with Crippen LogP contribution in [0.4, 0.5) is 5.69 Å². The van der Waals surface area contributed by atoms with Crippen LogP contribution in [0.1, 0.15) is 90.4 Å². The zero-order valence-corrected chi connectivity index (χ0v) is 23.2. The quantitative estimate of drug-likeness (QED) is 0.0826. The van der Waals surface area contributed by atoms with E-state index in [0.717, 1.165) is 19.3 Å². The molecule has 0 fully saturated rings. The van der Waals surface area contributed by atoms with Gasteiger partial charge < -0.3 is 16.0 Å². The van der Waals surface area contributed by atoms with Crippen LogP contribution in [-0.2, 0) is 4.79 Å². The number of para-hydroxylation sites is 1. The number of carbonyl (C=O) groups excluding carboxylic acids is 1. The van der Waals surface area contributed by atoms with Crippen LogP contribution in [-0.4, -0.2) is 21.0 Å². The summed E-state index contributed by atoms with van der Waals surface area (Å²) in [5, 5.41) is 9.19. The minimum absolute atomic E-state index is 0.185. The molecule has 0 saturated heterocycles. The summed E-state index contributed by atoms with van der Waals surface area (Å²) in [7, 11) is 0. The standard InChI is InChI=1S/C24H37Cl4N3OS/c1-2-3-4-5-6-7-8-9-10-11-12-13-18-21(32)30-22(24(26,27)28)31-23(33)29-20-17-15-14-16-19(20)25/h14-17,22H,2-13,18H2,1H3,(H,30,32)(H2,29,31,33)/t22-/m0/s1. The van der Waals surface area contributed by atoms with E-state index in [-0.39, 0.29) is 11.0 Å². The van der Waals surface area contributed by atoms with Crippen LogP contribution in [0.25, 0.3) is 0 Å². The number of hydrogen-bond acceptors (Lipinski definition) is 2. The zero-order valence-electron chi connectivity index (χ0n) is 19.4. The maximum Gasteiger partial charge on any atom is 0.228 e. The van der Waals surface area contributed by atoms with E-state index in [0.29, 0.717) is 17.1 Å². The first kappa shape index (κ1) is 30.6. The van der Waals surface area contributed by atoms with E-state index in [1.807, 2.05) is 12.1 Å². The largest absolute Gasteiger partial charge is 0.339 e. The zero-order chi connectivity index (χ0) is 24.5. The lowest BCUT2D eigenvalue weighted by molar-refractivity contribution is -0.122. The smallest absolute Gasteiger partial charge is 0.228 e. The number of anilines is 1. The molecule has 0 aliphatic rings. The molecule has 0 radical (unpaired) electrons. The molecule has 0 heterocycles. The fourth-order valence-corrected chi connectivity index (χ4v) is 4.15. The third-order valence-electron chi connectivity index (χ3n) is 5.29. The minimum Gasteiger partial charge on any atom is -0.339 e. The fourth-order valence-electron chi connectivity index (χ4n) is 3.41. The molecule has 4 nitrogen and oxygen atoms in total. The van der Waals surface area contributed by atoms with Gasteiger partial charge in [0.15, 0.2) is 5.11 Å². The van der Waals surface area contributed by atoms with Gasteiger partial charge in [0.2, 0.25) is 9.70 Å². The number of amides is 1. The molecule has 33 heavy (non-hydrogen) atoms. The lowest BCUT2D eigenvalue weighted by atomic mass is 10.0. The highest BCUT2D eigenvalue weighted by Crippen LogP contribution is 2.29. The predicted octanol–water partition coefficient (Wildman–Crippen LogP) is 8.53. The van der Waals surface area contributed by atoms with Crippen LogP contribution >= 0.6 is 58.6 Å². The summed E-state index contributed by atoms with van der Waals surface area (Å²) in [5.41, 5.74) is 0.613. The van der Waals surface area contributed by atoms with Gasteiger partial charge in [-0.1, -0.05) is 136 Å². The number of halogens is 4. The van der Waals surface area contributed by atoms with E-state index in [4.69, 9.17) is 58.6 Å². The first-order valence-corrected chi connectivity index (χ1v) is 13.8. The molecule has 0 aromatic heterocycles. The summed E-state index contributed by atoms with van der Waals surface area (Å²) in [5.74, 6) is -0.188. The average molecular weight is 557 g/mol. The van der Waals surface area contributed by atoms with Gasteiger partial charge in [-0.25, -0.2) is 0 Å². The Labute approximate surface area is 224 Å². The molecule has 9 heteroatoms. The second kappa shape index (κ2) is 17.9. The Morgan fingerprint density at radius 3 is 1.91 bits per heavy atom. The van der Waals surface area contributed by atoms with Gasteiger partial charge in [-0.2, -0.15) is 0 Å². The lowest BCUT2D eigenvalue weighted by Gasteiger charge is -2.28. The molecule has 0 bridgehead atoms. The van der Waals surface area contributed by atoms with Crippen molar-refractivity contribution in [2.75, 3.05) is 5.32 Å². The minimum atomic E-state index is -1.78. The summed E-state index contributed by atoms with van der Waals surface area (Å²) in [6, 6.07) is 7.13. The number of alkyl halides is 3. The van der Waals surface area contributed by atoms with Crippen molar-refractivity contribution in [3.05, 3.63) is 29.3 Å². The topological polar surface area (TPSA) is 53.2 Å². The predicted molar refractivity (Wildman–Crippen MR) is 149 cm³/mol. The molecule has 0 unspecified atom stereocenters. The Balaban J connectivity index is 2.23. The van der Waals surface area contributed by atoms with Gasteiger partial charge in [-0.15, -0.1) is 0 Å².